The van der Waals surface area contributed by atoms with Gasteiger partial charge in [-0.2, -0.15) is 4.98 Å². The van der Waals surface area contributed by atoms with Crippen LogP contribution in [0.5, 0.6) is 5.75 Å². The summed E-state index contributed by atoms with van der Waals surface area (Å²) >= 11 is 0. The smallest absolute Gasteiger partial charge is 0.280 e. The van der Waals surface area contributed by atoms with Gasteiger partial charge >= 0.3 is 0 Å². The number of hydrogen-bond donors (Lipinski definition) is 3. The van der Waals surface area contributed by atoms with Crippen molar-refractivity contribution < 1.29 is 19.1 Å². The minimum Gasteiger partial charge on any atom is -0.776 e. The third-order valence-electron chi connectivity index (χ3n) is 3.19. The van der Waals surface area contributed by atoms with Crippen LogP contribution in [-0.2, 0) is 11.1 Å². The van der Waals surface area contributed by atoms with Gasteiger partial charge in [0.15, 0.2) is 25.1 Å². The van der Waals surface area contributed by atoms with E-state index in [0.29, 0.717) is 11.2 Å². The third-order valence-corrected chi connectivity index (χ3v) is 3.64. The number of nitrogens with one attached hydrogen (secondary N) is 1. The van der Waals surface area contributed by atoms with Crippen molar-refractivity contribution in [2.45, 2.75) is 6.54 Å². The van der Waals surface area contributed by atoms with E-state index >= 15 is 0 Å². The molecule has 0 bridgehead atoms. The Kier molecular flexibility index (Phi) is 4.10. The van der Waals surface area contributed by atoms with Gasteiger partial charge in [-0.25, -0.2) is 4.98 Å². The number of imidazole rings is 1. The summed E-state index contributed by atoms with van der Waals surface area (Å²) in [7, 11) is -4.54. The summed E-state index contributed by atoms with van der Waals surface area (Å²) < 4.78 is 17.6. The monoisotopic (exact) mass is 350 g/mol. The predicted molar refractivity (Wildman–Crippen MR) is 83.4 cm³/mol. The van der Waals surface area contributed by atoms with E-state index in [9.17, 15) is 14.3 Å². The average molecular weight is 350 g/mol. The summed E-state index contributed by atoms with van der Waals surface area (Å²) in [4.78, 5) is 41.9. The van der Waals surface area contributed by atoms with Crippen LogP contribution < -0.4 is 20.9 Å². The van der Waals surface area contributed by atoms with Gasteiger partial charge in [0.2, 0.25) is 5.95 Å². The summed E-state index contributed by atoms with van der Waals surface area (Å²) in [6.45, 7) is 0.219. The Balaban J connectivity index is 1.95. The summed E-state index contributed by atoms with van der Waals surface area (Å²) in [5.74, 6) is 0.244. The molecular weight excluding hydrogens is 337 g/mol. The Morgan fingerprint density at radius 2 is 2.17 bits per heavy atom. The molecule has 0 aliphatic carbocycles. The third kappa shape index (κ3) is 3.46. The molecule has 2 aromatic heterocycles. The van der Waals surface area contributed by atoms with E-state index in [1.807, 2.05) is 0 Å². The Bertz CT molecular complexity index is 992. The number of nitrogens with two attached hydrogens (primary N) is 1. The number of nitrogen functional groups attached to an aromatic ring is 1. The number of rotatable bonds is 5. The molecule has 10 nitrogen and oxygen atoms in total. The van der Waals surface area contributed by atoms with Crippen molar-refractivity contribution in [3.05, 3.63) is 46.5 Å². The molecule has 3 aromatic rings. The minimum atomic E-state index is -4.54. The van der Waals surface area contributed by atoms with Crippen molar-refractivity contribution in [3.8, 4) is 5.75 Å². The quantitative estimate of drug-likeness (QED) is 0.526. The number of hydrogen-bond acceptors (Lipinski definition) is 7. The van der Waals surface area contributed by atoms with Crippen molar-refractivity contribution in [1.82, 2.24) is 19.5 Å². The van der Waals surface area contributed by atoms with Crippen molar-refractivity contribution in [3.63, 3.8) is 0 Å². The maximum absolute atomic E-state index is 11.8. The van der Waals surface area contributed by atoms with Crippen LogP contribution in [0.3, 0.4) is 0 Å². The molecule has 0 aliphatic heterocycles. The summed E-state index contributed by atoms with van der Waals surface area (Å²) in [6, 6.07) is 6.69. The van der Waals surface area contributed by atoms with Crippen LogP contribution in [0.4, 0.5) is 5.95 Å². The zero-order valence-electron chi connectivity index (χ0n) is 12.2. The fourth-order valence-electron chi connectivity index (χ4n) is 2.20. The number of aromatic nitrogens is 4. The number of anilines is 1. The molecule has 3 rings (SSSR count). The predicted octanol–water partition coefficient (Wildman–Crippen LogP) is -0.368. The zero-order valence-corrected chi connectivity index (χ0v) is 13.1. The number of ether oxygens (including phenoxy) is 1. The molecule has 2 heterocycles. The highest BCUT2D eigenvalue weighted by Crippen LogP contribution is 2.31. The molecule has 0 fully saturated rings. The number of para-hydroxylation sites is 1. The van der Waals surface area contributed by atoms with Crippen LogP contribution >= 0.6 is 7.60 Å². The molecule has 0 aliphatic rings. The lowest BCUT2D eigenvalue weighted by atomic mass is 10.2. The summed E-state index contributed by atoms with van der Waals surface area (Å²) in [5, 5.41) is 0. The second-order valence-electron chi connectivity index (χ2n) is 5.01. The van der Waals surface area contributed by atoms with Crippen LogP contribution in [0.2, 0.25) is 0 Å². The molecule has 1 atom stereocenters. The fourth-order valence-corrected chi connectivity index (χ4v) is 2.50. The number of benzene rings is 1. The fraction of sp³-hybridized carbons (Fsp3) is 0.154. The molecule has 1 aromatic carbocycles. The topological polar surface area (TPSA) is 159 Å². The van der Waals surface area contributed by atoms with Gasteiger partial charge in [0, 0.05) is 5.56 Å². The number of H-pyrrole nitrogens is 1. The summed E-state index contributed by atoms with van der Waals surface area (Å²) in [5.41, 5.74) is 6.15. The zero-order chi connectivity index (χ0) is 17.3. The van der Waals surface area contributed by atoms with E-state index in [-0.39, 0.29) is 23.8 Å². The highest BCUT2D eigenvalue weighted by molar-refractivity contribution is 7.50. The lowest BCUT2D eigenvalue weighted by Crippen LogP contribution is -2.13. The Morgan fingerprint density at radius 3 is 2.92 bits per heavy atom. The molecule has 126 valence electrons. The van der Waals surface area contributed by atoms with E-state index in [0.717, 1.165) is 0 Å². The lowest BCUT2D eigenvalue weighted by molar-refractivity contribution is -0.196. The molecule has 0 saturated carbocycles. The van der Waals surface area contributed by atoms with E-state index in [4.69, 9.17) is 15.4 Å². The molecule has 1 unspecified atom stereocenters. The molecular formula is C13H13N5O5P-. The van der Waals surface area contributed by atoms with Gasteiger partial charge in [-0.15, -0.1) is 0 Å². The van der Waals surface area contributed by atoms with E-state index in [1.54, 1.807) is 28.8 Å². The molecule has 24 heavy (non-hydrogen) atoms. The van der Waals surface area contributed by atoms with Gasteiger partial charge in [-0.3, -0.25) is 9.78 Å². The second-order valence-corrected chi connectivity index (χ2v) is 6.55. The largest absolute Gasteiger partial charge is 0.776 e. The number of fused-ring (bicyclic) bond motifs is 1. The highest BCUT2D eigenvalue weighted by Gasteiger charge is 2.12. The SMILES string of the molecule is Nc1nc2c(ncn2Cc2ccccc2OCP(=O)([O-])O)c(=O)[nH]1. The van der Waals surface area contributed by atoms with Crippen molar-refractivity contribution in [2.75, 3.05) is 12.1 Å². The van der Waals surface area contributed by atoms with Crippen LogP contribution in [0.25, 0.3) is 11.2 Å². The number of nitrogens with zero attached hydrogens (tertiary/aromatic N) is 3. The van der Waals surface area contributed by atoms with Gasteiger partial charge in [-0.1, -0.05) is 18.2 Å². The van der Waals surface area contributed by atoms with Gasteiger partial charge < -0.3 is 29.4 Å². The average Bonchev–Trinajstić information content (AvgIpc) is 2.89. The molecule has 0 radical (unpaired) electrons. The molecule has 0 amide bonds. The lowest BCUT2D eigenvalue weighted by Gasteiger charge is -2.18. The van der Waals surface area contributed by atoms with Crippen molar-refractivity contribution in [1.29, 1.82) is 0 Å². The minimum absolute atomic E-state index is 0.0358. The van der Waals surface area contributed by atoms with Crippen LogP contribution in [0.15, 0.2) is 35.4 Å². The van der Waals surface area contributed by atoms with Crippen molar-refractivity contribution >= 4 is 24.7 Å². The maximum atomic E-state index is 11.8. The maximum Gasteiger partial charge on any atom is 0.280 e. The first-order chi connectivity index (χ1) is 11.3. The van der Waals surface area contributed by atoms with Crippen LogP contribution in [0.1, 0.15) is 5.56 Å². The Morgan fingerprint density at radius 1 is 1.42 bits per heavy atom. The Labute approximate surface area is 135 Å². The first-order valence-corrected chi connectivity index (χ1v) is 8.54. The first kappa shape index (κ1) is 16.2. The van der Waals surface area contributed by atoms with Crippen LogP contribution in [-0.4, -0.2) is 30.8 Å². The number of aromatic amines is 1. The van der Waals surface area contributed by atoms with Crippen LogP contribution in [0, 0.1) is 0 Å². The van der Waals surface area contributed by atoms with E-state index in [2.05, 4.69) is 15.0 Å². The summed E-state index contributed by atoms with van der Waals surface area (Å²) in [6.07, 6.45) is 0.590. The Hall–Kier alpha value is -2.68. The van der Waals surface area contributed by atoms with Gasteiger partial charge in [0.25, 0.3) is 5.56 Å². The van der Waals surface area contributed by atoms with Crippen molar-refractivity contribution in [2.24, 2.45) is 0 Å². The van der Waals surface area contributed by atoms with Gasteiger partial charge in [0.1, 0.15) is 5.75 Å². The normalized spacial score (nSPS) is 13.8. The molecule has 11 heteroatoms. The second kappa shape index (κ2) is 6.08. The van der Waals surface area contributed by atoms with E-state index < -0.39 is 19.5 Å². The molecule has 0 saturated heterocycles. The van der Waals surface area contributed by atoms with Gasteiger partial charge in [0.05, 0.1) is 12.9 Å². The molecule has 4 N–H and O–H groups in total. The molecule has 0 spiro atoms. The van der Waals surface area contributed by atoms with Gasteiger partial charge in [-0.05, 0) is 6.07 Å². The first-order valence-electron chi connectivity index (χ1n) is 6.77. The highest BCUT2D eigenvalue weighted by atomic mass is 31.2. The van der Waals surface area contributed by atoms with E-state index in [1.165, 1.54) is 6.33 Å². The standard InChI is InChI=1S/C13H14N5O5P/c14-13-16-11-10(12(19)17-13)15-6-18(11)5-8-3-1-2-4-9(8)23-7-24(20,21)22/h1-4,6H,5,7H2,(H2,20,21,22)(H3,14,16,17,19)/p-1.